The van der Waals surface area contributed by atoms with Gasteiger partial charge in [-0.3, -0.25) is 9.59 Å². The molecule has 1 aliphatic heterocycles. The number of hydrogen-bond donors (Lipinski definition) is 1. The lowest BCUT2D eigenvalue weighted by Crippen LogP contribution is -2.23. The molecule has 1 aliphatic rings. The summed E-state index contributed by atoms with van der Waals surface area (Å²) in [6.45, 7) is 0.758. The molecule has 4 nitrogen and oxygen atoms in total. The molecule has 0 unspecified atom stereocenters. The van der Waals surface area contributed by atoms with Crippen molar-refractivity contribution in [1.82, 2.24) is 0 Å². The third kappa shape index (κ3) is 3.87. The number of halogens is 1. The maximum Gasteiger partial charge on any atom is 0.248 e. The predicted octanol–water partition coefficient (Wildman–Crippen LogP) is 3.60. The van der Waals surface area contributed by atoms with Crippen molar-refractivity contribution in [2.75, 3.05) is 16.8 Å². The first-order valence-electron chi connectivity index (χ1n) is 7.77. The van der Waals surface area contributed by atoms with E-state index in [1.54, 1.807) is 11.0 Å². The Kier molecular flexibility index (Phi) is 4.70. The van der Waals surface area contributed by atoms with Gasteiger partial charge < -0.3 is 10.2 Å². The summed E-state index contributed by atoms with van der Waals surface area (Å²) in [6.07, 6.45) is 4.60. The Morgan fingerprint density at radius 2 is 1.79 bits per heavy atom. The van der Waals surface area contributed by atoms with Gasteiger partial charge in [0.25, 0.3) is 0 Å². The van der Waals surface area contributed by atoms with Crippen LogP contribution in [-0.4, -0.2) is 18.4 Å². The summed E-state index contributed by atoms with van der Waals surface area (Å²) in [7, 11) is 0. The van der Waals surface area contributed by atoms with Crippen LogP contribution in [0, 0.1) is 5.82 Å². The van der Waals surface area contributed by atoms with Crippen LogP contribution in [0.5, 0.6) is 0 Å². The number of carbonyl (C=O) groups is 2. The number of rotatable bonds is 4. The van der Waals surface area contributed by atoms with Crippen molar-refractivity contribution >= 4 is 29.3 Å². The summed E-state index contributed by atoms with van der Waals surface area (Å²) in [4.78, 5) is 25.3. The van der Waals surface area contributed by atoms with E-state index in [1.165, 1.54) is 30.3 Å². The summed E-state index contributed by atoms with van der Waals surface area (Å²) in [5.41, 5.74) is 2.28. The lowest BCUT2D eigenvalue weighted by molar-refractivity contribution is -0.117. The highest BCUT2D eigenvalue weighted by Crippen LogP contribution is 2.21. The van der Waals surface area contributed by atoms with Gasteiger partial charge in [-0.05, 0) is 54.5 Å². The smallest absolute Gasteiger partial charge is 0.248 e. The number of benzene rings is 2. The van der Waals surface area contributed by atoms with E-state index in [2.05, 4.69) is 5.32 Å². The van der Waals surface area contributed by atoms with Gasteiger partial charge in [-0.15, -0.1) is 0 Å². The van der Waals surface area contributed by atoms with Crippen LogP contribution in [0.1, 0.15) is 18.4 Å². The summed E-state index contributed by atoms with van der Waals surface area (Å²) in [5, 5.41) is 2.66. The quantitative estimate of drug-likeness (QED) is 0.874. The molecule has 1 N–H and O–H groups in total. The molecule has 0 bridgehead atoms. The van der Waals surface area contributed by atoms with Gasteiger partial charge in [0, 0.05) is 30.4 Å². The molecule has 2 amide bonds. The fourth-order valence-electron chi connectivity index (χ4n) is 2.58. The van der Waals surface area contributed by atoms with Gasteiger partial charge in [0.2, 0.25) is 11.8 Å². The minimum Gasteiger partial charge on any atom is -0.323 e. The molecule has 0 spiro atoms. The Morgan fingerprint density at radius 3 is 2.42 bits per heavy atom. The normalized spacial score (nSPS) is 14.4. The second-order valence-corrected chi connectivity index (χ2v) is 5.57. The summed E-state index contributed by atoms with van der Waals surface area (Å²) in [6, 6.07) is 13.1. The third-order valence-corrected chi connectivity index (χ3v) is 3.82. The molecule has 0 aromatic heterocycles. The van der Waals surface area contributed by atoms with E-state index in [1.807, 2.05) is 24.3 Å². The van der Waals surface area contributed by atoms with Crippen LogP contribution in [0.4, 0.5) is 15.8 Å². The first kappa shape index (κ1) is 15.9. The van der Waals surface area contributed by atoms with Crippen molar-refractivity contribution < 1.29 is 14.0 Å². The number of anilines is 2. The summed E-state index contributed by atoms with van der Waals surface area (Å²) in [5.74, 6) is -0.488. The number of carbonyl (C=O) groups excluding carboxylic acids is 2. The Morgan fingerprint density at radius 1 is 1.08 bits per heavy atom. The topological polar surface area (TPSA) is 49.4 Å². The van der Waals surface area contributed by atoms with E-state index in [0.29, 0.717) is 12.1 Å². The zero-order chi connectivity index (χ0) is 16.9. The highest BCUT2D eigenvalue weighted by atomic mass is 19.1. The molecule has 0 radical (unpaired) electrons. The molecule has 1 heterocycles. The van der Waals surface area contributed by atoms with E-state index >= 15 is 0 Å². The maximum atomic E-state index is 12.8. The van der Waals surface area contributed by atoms with E-state index in [0.717, 1.165) is 24.2 Å². The van der Waals surface area contributed by atoms with E-state index in [4.69, 9.17) is 0 Å². The van der Waals surface area contributed by atoms with Crippen LogP contribution in [0.2, 0.25) is 0 Å². The van der Waals surface area contributed by atoms with E-state index in [-0.39, 0.29) is 17.6 Å². The predicted molar refractivity (Wildman–Crippen MR) is 92.1 cm³/mol. The van der Waals surface area contributed by atoms with E-state index < -0.39 is 0 Å². The van der Waals surface area contributed by atoms with Gasteiger partial charge in [0.1, 0.15) is 5.82 Å². The standard InChI is InChI=1S/C19H17FN2O2/c20-15-6-8-16(9-7-15)21-18(23)12-5-14-3-10-17(11-4-14)22-13-1-2-19(22)24/h3-12H,1-2,13H2,(H,21,23)/b12-5+. The molecule has 1 saturated heterocycles. The van der Waals surface area contributed by atoms with Gasteiger partial charge >= 0.3 is 0 Å². The third-order valence-electron chi connectivity index (χ3n) is 3.82. The molecule has 2 aromatic rings. The van der Waals surface area contributed by atoms with Crippen LogP contribution in [0.15, 0.2) is 54.6 Å². The number of amides is 2. The number of nitrogens with one attached hydrogen (secondary N) is 1. The SMILES string of the molecule is O=C(/C=C/c1ccc(N2CCCC2=O)cc1)Nc1ccc(F)cc1. The van der Waals surface area contributed by atoms with Crippen molar-refractivity contribution in [3.05, 3.63) is 66.0 Å². The second-order valence-electron chi connectivity index (χ2n) is 5.57. The lowest BCUT2D eigenvalue weighted by Gasteiger charge is -2.15. The Balaban J connectivity index is 1.60. The zero-order valence-electron chi connectivity index (χ0n) is 13.0. The molecule has 0 aliphatic carbocycles. The average Bonchev–Trinajstić information content (AvgIpc) is 3.02. The molecule has 0 saturated carbocycles. The van der Waals surface area contributed by atoms with Gasteiger partial charge in [0.05, 0.1) is 0 Å². The van der Waals surface area contributed by atoms with Crippen molar-refractivity contribution in [1.29, 1.82) is 0 Å². The average molecular weight is 324 g/mol. The Hall–Kier alpha value is -2.95. The first-order chi connectivity index (χ1) is 11.6. The van der Waals surface area contributed by atoms with Crippen LogP contribution >= 0.6 is 0 Å². The van der Waals surface area contributed by atoms with Crippen molar-refractivity contribution in [3.8, 4) is 0 Å². The van der Waals surface area contributed by atoms with Gasteiger partial charge in [-0.2, -0.15) is 0 Å². The molecule has 2 aromatic carbocycles. The first-order valence-corrected chi connectivity index (χ1v) is 7.77. The number of hydrogen-bond acceptors (Lipinski definition) is 2. The van der Waals surface area contributed by atoms with Crippen LogP contribution in [0.25, 0.3) is 6.08 Å². The molecule has 24 heavy (non-hydrogen) atoms. The van der Waals surface area contributed by atoms with Crippen molar-refractivity contribution in [3.63, 3.8) is 0 Å². The Labute approximate surface area is 139 Å². The molecular weight excluding hydrogens is 307 g/mol. The van der Waals surface area contributed by atoms with Gasteiger partial charge in [-0.25, -0.2) is 4.39 Å². The molecule has 0 atom stereocenters. The highest BCUT2D eigenvalue weighted by Gasteiger charge is 2.21. The van der Waals surface area contributed by atoms with Crippen LogP contribution in [0.3, 0.4) is 0 Å². The lowest BCUT2D eigenvalue weighted by atomic mass is 10.2. The minimum absolute atomic E-state index is 0.150. The maximum absolute atomic E-state index is 12.8. The van der Waals surface area contributed by atoms with Gasteiger partial charge in [-0.1, -0.05) is 12.1 Å². The fraction of sp³-hybridized carbons (Fsp3) is 0.158. The van der Waals surface area contributed by atoms with E-state index in [9.17, 15) is 14.0 Å². The zero-order valence-corrected chi connectivity index (χ0v) is 13.0. The van der Waals surface area contributed by atoms with Crippen LogP contribution in [-0.2, 0) is 9.59 Å². The molecule has 3 rings (SSSR count). The Bertz CT molecular complexity index is 767. The second kappa shape index (κ2) is 7.08. The highest BCUT2D eigenvalue weighted by molar-refractivity contribution is 6.02. The molecular formula is C19H17FN2O2. The van der Waals surface area contributed by atoms with Crippen molar-refractivity contribution in [2.24, 2.45) is 0 Å². The summed E-state index contributed by atoms with van der Waals surface area (Å²) >= 11 is 0. The molecule has 5 heteroatoms. The molecule has 1 fully saturated rings. The van der Waals surface area contributed by atoms with Crippen molar-refractivity contribution in [2.45, 2.75) is 12.8 Å². The number of nitrogens with zero attached hydrogens (tertiary/aromatic N) is 1. The minimum atomic E-state index is -0.347. The largest absolute Gasteiger partial charge is 0.323 e. The van der Waals surface area contributed by atoms with Gasteiger partial charge in [0.15, 0.2) is 0 Å². The molecule has 122 valence electrons. The van der Waals surface area contributed by atoms with Crippen LogP contribution < -0.4 is 10.2 Å². The fourth-order valence-corrected chi connectivity index (χ4v) is 2.58. The summed E-state index contributed by atoms with van der Waals surface area (Å²) < 4.78 is 12.8. The monoisotopic (exact) mass is 324 g/mol.